The zero-order valence-electron chi connectivity index (χ0n) is 13.6. The first-order valence-electron chi connectivity index (χ1n) is 8.03. The van der Waals surface area contributed by atoms with Gasteiger partial charge in [-0.1, -0.05) is 6.92 Å². The summed E-state index contributed by atoms with van der Waals surface area (Å²) in [5, 5.41) is 12.7. The summed E-state index contributed by atoms with van der Waals surface area (Å²) in [6.07, 6.45) is 5.72. The van der Waals surface area contributed by atoms with E-state index in [0.717, 1.165) is 25.3 Å². The third-order valence-corrected chi connectivity index (χ3v) is 3.86. The molecule has 122 valence electrons. The lowest BCUT2D eigenvalue weighted by Crippen LogP contribution is -2.11. The van der Waals surface area contributed by atoms with Crippen LogP contribution in [0, 0.1) is 0 Å². The highest BCUT2D eigenvalue weighted by atomic mass is 35.5. The Morgan fingerprint density at radius 1 is 1.32 bits per heavy atom. The van der Waals surface area contributed by atoms with E-state index in [1.807, 2.05) is 16.9 Å². The first kappa shape index (κ1) is 16.9. The summed E-state index contributed by atoms with van der Waals surface area (Å²) in [6.45, 7) is 8.28. The number of halogens is 1. The molecule has 0 bridgehead atoms. The fourth-order valence-electron chi connectivity index (χ4n) is 2.60. The second-order valence-corrected chi connectivity index (χ2v) is 6.19. The fraction of sp³-hybridized carbons (Fsp3) is 0.625. The van der Waals surface area contributed by atoms with Crippen LogP contribution in [-0.4, -0.2) is 19.6 Å². The Morgan fingerprint density at radius 3 is 2.73 bits per heavy atom. The average molecular weight is 324 g/mol. The summed E-state index contributed by atoms with van der Waals surface area (Å²) >= 11 is 0. The minimum absolute atomic E-state index is 0. The second kappa shape index (κ2) is 7.18. The molecule has 1 N–H and O–H groups in total. The Labute approximate surface area is 138 Å². The molecular weight excluding hydrogens is 298 g/mol. The molecule has 2 aromatic rings. The molecule has 0 aromatic carbocycles. The lowest BCUT2D eigenvalue weighted by atomic mass is 10.2. The van der Waals surface area contributed by atoms with Crippen LogP contribution < -0.4 is 5.32 Å². The van der Waals surface area contributed by atoms with Crippen molar-refractivity contribution in [2.75, 3.05) is 5.32 Å². The Morgan fingerprint density at radius 2 is 2.09 bits per heavy atom. The van der Waals surface area contributed by atoms with Crippen molar-refractivity contribution >= 4 is 18.2 Å². The molecule has 0 saturated heterocycles. The van der Waals surface area contributed by atoms with Gasteiger partial charge in [0.2, 0.25) is 0 Å². The molecule has 1 saturated carbocycles. The van der Waals surface area contributed by atoms with Crippen molar-refractivity contribution in [3.63, 3.8) is 0 Å². The summed E-state index contributed by atoms with van der Waals surface area (Å²) in [5.41, 5.74) is 2.51. The number of hydrogen-bond acceptors (Lipinski definition) is 3. The van der Waals surface area contributed by atoms with Crippen LogP contribution >= 0.6 is 12.4 Å². The SMILES string of the molecule is CCCn1ccc(NCc2cc(C3CC3)nn2C(C)C)n1.Cl. The van der Waals surface area contributed by atoms with Crippen LogP contribution in [0.1, 0.15) is 63.4 Å². The van der Waals surface area contributed by atoms with E-state index in [1.165, 1.54) is 24.2 Å². The number of aryl methyl sites for hydroxylation is 1. The highest BCUT2D eigenvalue weighted by molar-refractivity contribution is 5.85. The van der Waals surface area contributed by atoms with E-state index in [2.05, 4.69) is 41.9 Å². The minimum atomic E-state index is 0. The number of anilines is 1. The van der Waals surface area contributed by atoms with E-state index in [-0.39, 0.29) is 12.4 Å². The number of aromatic nitrogens is 4. The number of nitrogens with one attached hydrogen (secondary N) is 1. The maximum atomic E-state index is 4.77. The third-order valence-electron chi connectivity index (χ3n) is 3.86. The van der Waals surface area contributed by atoms with Gasteiger partial charge in [0, 0.05) is 30.8 Å². The smallest absolute Gasteiger partial charge is 0.148 e. The van der Waals surface area contributed by atoms with Gasteiger partial charge in [-0.15, -0.1) is 12.4 Å². The zero-order valence-corrected chi connectivity index (χ0v) is 14.4. The summed E-state index contributed by atoms with van der Waals surface area (Å²) in [6, 6.07) is 4.69. The maximum absolute atomic E-state index is 4.77. The van der Waals surface area contributed by atoms with Crippen LogP contribution in [0.4, 0.5) is 5.82 Å². The van der Waals surface area contributed by atoms with Gasteiger partial charge in [0.05, 0.1) is 17.9 Å². The first-order chi connectivity index (χ1) is 10.2. The molecule has 1 aliphatic carbocycles. The lowest BCUT2D eigenvalue weighted by molar-refractivity contribution is 0.507. The zero-order chi connectivity index (χ0) is 14.8. The topological polar surface area (TPSA) is 47.7 Å². The molecule has 1 aliphatic rings. The molecule has 0 aliphatic heterocycles. The van der Waals surface area contributed by atoms with Crippen molar-refractivity contribution in [2.45, 2.75) is 65.1 Å². The number of nitrogens with zero attached hydrogens (tertiary/aromatic N) is 4. The fourth-order valence-corrected chi connectivity index (χ4v) is 2.60. The molecule has 5 nitrogen and oxygen atoms in total. The monoisotopic (exact) mass is 323 g/mol. The van der Waals surface area contributed by atoms with E-state index >= 15 is 0 Å². The highest BCUT2D eigenvalue weighted by Gasteiger charge is 2.27. The maximum Gasteiger partial charge on any atom is 0.148 e. The molecule has 2 aromatic heterocycles. The van der Waals surface area contributed by atoms with Crippen LogP contribution in [0.5, 0.6) is 0 Å². The molecule has 0 radical (unpaired) electrons. The summed E-state index contributed by atoms with van der Waals surface area (Å²) < 4.78 is 4.13. The molecule has 0 spiro atoms. The van der Waals surface area contributed by atoms with Crippen molar-refractivity contribution in [1.29, 1.82) is 0 Å². The Balaban J connectivity index is 0.00000176. The van der Waals surface area contributed by atoms with Gasteiger partial charge < -0.3 is 5.32 Å². The van der Waals surface area contributed by atoms with Crippen LogP contribution in [0.3, 0.4) is 0 Å². The normalized spacial score (nSPS) is 14.2. The van der Waals surface area contributed by atoms with Gasteiger partial charge in [0.15, 0.2) is 0 Å². The van der Waals surface area contributed by atoms with Crippen LogP contribution in [0.2, 0.25) is 0 Å². The first-order valence-corrected chi connectivity index (χ1v) is 8.03. The standard InChI is InChI=1S/C16H25N5.ClH/c1-4-8-20-9-7-16(19-20)17-11-14-10-15(13-5-6-13)18-21(14)12(2)3;/h7,9-10,12-13H,4-6,8,11H2,1-3H3,(H,17,19);1H. The molecular formula is C16H26ClN5. The minimum Gasteiger partial charge on any atom is -0.363 e. The van der Waals surface area contributed by atoms with E-state index in [9.17, 15) is 0 Å². The van der Waals surface area contributed by atoms with Gasteiger partial charge in [-0.05, 0) is 39.2 Å². The van der Waals surface area contributed by atoms with Gasteiger partial charge in [-0.25, -0.2) is 0 Å². The molecule has 0 unspecified atom stereocenters. The molecule has 3 rings (SSSR count). The van der Waals surface area contributed by atoms with E-state index in [1.54, 1.807) is 0 Å². The van der Waals surface area contributed by atoms with Crippen molar-refractivity contribution in [2.24, 2.45) is 0 Å². The van der Waals surface area contributed by atoms with Gasteiger partial charge in [-0.2, -0.15) is 10.2 Å². The molecule has 6 heteroatoms. The molecule has 0 atom stereocenters. The van der Waals surface area contributed by atoms with E-state index < -0.39 is 0 Å². The number of rotatable bonds is 7. The summed E-state index contributed by atoms with van der Waals surface area (Å²) in [5.74, 6) is 1.64. The Hall–Kier alpha value is -1.49. The predicted octanol–water partition coefficient (Wildman–Crippen LogP) is 3.98. The van der Waals surface area contributed by atoms with Crippen molar-refractivity contribution in [1.82, 2.24) is 19.6 Å². The third kappa shape index (κ3) is 3.83. The van der Waals surface area contributed by atoms with Crippen LogP contribution in [0.15, 0.2) is 18.3 Å². The van der Waals surface area contributed by atoms with Crippen LogP contribution in [-0.2, 0) is 13.1 Å². The molecule has 1 fully saturated rings. The summed E-state index contributed by atoms with van der Waals surface area (Å²) in [4.78, 5) is 0. The van der Waals surface area contributed by atoms with Gasteiger partial charge in [-0.3, -0.25) is 9.36 Å². The lowest BCUT2D eigenvalue weighted by Gasteiger charge is -2.11. The van der Waals surface area contributed by atoms with Crippen molar-refractivity contribution in [3.8, 4) is 0 Å². The summed E-state index contributed by atoms with van der Waals surface area (Å²) in [7, 11) is 0. The van der Waals surface area contributed by atoms with E-state index in [4.69, 9.17) is 5.10 Å². The second-order valence-electron chi connectivity index (χ2n) is 6.19. The quantitative estimate of drug-likeness (QED) is 0.838. The predicted molar refractivity (Wildman–Crippen MR) is 91.7 cm³/mol. The molecule has 0 amide bonds. The Bertz CT molecular complexity index is 597. The van der Waals surface area contributed by atoms with Gasteiger partial charge in [0.1, 0.15) is 5.82 Å². The average Bonchev–Trinajstić information content (AvgIpc) is 3.06. The number of hydrogen-bond donors (Lipinski definition) is 1. The van der Waals surface area contributed by atoms with Gasteiger partial charge >= 0.3 is 0 Å². The largest absolute Gasteiger partial charge is 0.363 e. The highest BCUT2D eigenvalue weighted by Crippen LogP contribution is 2.39. The molecule has 22 heavy (non-hydrogen) atoms. The Kier molecular flexibility index (Phi) is 5.51. The van der Waals surface area contributed by atoms with Gasteiger partial charge in [0.25, 0.3) is 0 Å². The van der Waals surface area contributed by atoms with Crippen molar-refractivity contribution < 1.29 is 0 Å². The van der Waals surface area contributed by atoms with Crippen LogP contribution in [0.25, 0.3) is 0 Å². The molecule has 2 heterocycles. The van der Waals surface area contributed by atoms with Crippen molar-refractivity contribution in [3.05, 3.63) is 29.7 Å². The van der Waals surface area contributed by atoms with E-state index in [0.29, 0.717) is 12.0 Å².